The second kappa shape index (κ2) is 7.96. The van der Waals surface area contributed by atoms with Crippen LogP contribution in [0, 0.1) is 13.8 Å². The molecule has 1 saturated heterocycles. The molecular weight excluding hydrogens is 338 g/mol. The Hall–Kier alpha value is -2.60. The van der Waals surface area contributed by atoms with E-state index in [1.807, 2.05) is 10.9 Å². The van der Waals surface area contributed by atoms with Gasteiger partial charge >= 0.3 is 0 Å². The molecule has 27 heavy (non-hydrogen) atoms. The Balaban J connectivity index is 1.68. The van der Waals surface area contributed by atoms with Crippen molar-refractivity contribution in [1.29, 1.82) is 0 Å². The molecule has 1 aliphatic heterocycles. The molecule has 0 atom stereocenters. The van der Waals surface area contributed by atoms with Crippen LogP contribution in [-0.4, -0.2) is 37.9 Å². The number of benzene rings is 1. The molecule has 3 aromatic rings. The monoisotopic (exact) mass is 363 g/mol. The van der Waals surface area contributed by atoms with Crippen LogP contribution in [0.5, 0.6) is 0 Å². The number of ether oxygens (including phenoxy) is 1. The Morgan fingerprint density at radius 1 is 1.11 bits per heavy atom. The van der Waals surface area contributed by atoms with E-state index in [2.05, 4.69) is 42.0 Å². The zero-order valence-electron chi connectivity index (χ0n) is 15.9. The molecule has 6 nitrogen and oxygen atoms in total. The second-order valence-corrected chi connectivity index (χ2v) is 7.17. The third-order valence-electron chi connectivity index (χ3n) is 5.09. The molecule has 1 aliphatic rings. The molecule has 0 saturated carbocycles. The number of aromatic nitrogens is 5. The summed E-state index contributed by atoms with van der Waals surface area (Å²) in [6, 6.07) is 6.46. The topological polar surface area (TPSA) is 65.7 Å². The van der Waals surface area contributed by atoms with Crippen molar-refractivity contribution in [3.63, 3.8) is 0 Å². The van der Waals surface area contributed by atoms with Crippen LogP contribution in [-0.2, 0) is 17.6 Å². The van der Waals surface area contributed by atoms with Crippen LogP contribution in [0.4, 0.5) is 0 Å². The highest BCUT2D eigenvalue weighted by molar-refractivity contribution is 5.43. The van der Waals surface area contributed by atoms with E-state index in [0.29, 0.717) is 5.92 Å². The van der Waals surface area contributed by atoms with E-state index in [-0.39, 0.29) is 0 Å². The molecule has 0 bridgehead atoms. The van der Waals surface area contributed by atoms with Gasteiger partial charge in [-0.3, -0.25) is 9.97 Å². The summed E-state index contributed by atoms with van der Waals surface area (Å²) in [6.07, 6.45) is 8.80. The zero-order valence-corrected chi connectivity index (χ0v) is 15.9. The van der Waals surface area contributed by atoms with Crippen molar-refractivity contribution in [2.75, 3.05) is 13.2 Å². The van der Waals surface area contributed by atoms with Gasteiger partial charge in [0.1, 0.15) is 5.82 Å². The summed E-state index contributed by atoms with van der Waals surface area (Å²) in [6.45, 7) is 5.81. The number of rotatable bonds is 5. The number of aryl methyl sites for hydroxylation is 4. The first kappa shape index (κ1) is 17.8. The van der Waals surface area contributed by atoms with E-state index in [1.54, 1.807) is 12.4 Å². The van der Waals surface area contributed by atoms with Gasteiger partial charge in [0.15, 0.2) is 5.82 Å². The van der Waals surface area contributed by atoms with Crippen LogP contribution < -0.4 is 0 Å². The zero-order chi connectivity index (χ0) is 18.6. The molecular formula is C21H25N5O. The van der Waals surface area contributed by atoms with Crippen LogP contribution in [0.2, 0.25) is 0 Å². The minimum atomic E-state index is 0.375. The Labute approximate surface area is 159 Å². The van der Waals surface area contributed by atoms with Crippen molar-refractivity contribution in [3.05, 3.63) is 65.3 Å². The number of nitrogens with zero attached hydrogens (tertiary/aromatic N) is 5. The minimum absolute atomic E-state index is 0.375. The van der Waals surface area contributed by atoms with Crippen LogP contribution >= 0.6 is 0 Å². The third-order valence-corrected chi connectivity index (χ3v) is 5.09. The van der Waals surface area contributed by atoms with E-state index < -0.39 is 0 Å². The lowest BCUT2D eigenvalue weighted by Crippen LogP contribution is -2.15. The summed E-state index contributed by atoms with van der Waals surface area (Å²) in [5, 5.41) is 4.93. The molecule has 6 heteroatoms. The molecule has 0 aliphatic carbocycles. The van der Waals surface area contributed by atoms with Crippen LogP contribution in [0.25, 0.3) is 5.69 Å². The smallest absolute Gasteiger partial charge is 0.154 e. The Morgan fingerprint density at radius 2 is 1.96 bits per heavy atom. The average molecular weight is 363 g/mol. The van der Waals surface area contributed by atoms with Crippen molar-refractivity contribution < 1.29 is 4.74 Å². The van der Waals surface area contributed by atoms with Gasteiger partial charge in [0.2, 0.25) is 0 Å². The third kappa shape index (κ3) is 4.06. The minimum Gasteiger partial charge on any atom is -0.381 e. The fourth-order valence-corrected chi connectivity index (χ4v) is 3.49. The first-order valence-corrected chi connectivity index (χ1v) is 9.57. The molecule has 1 fully saturated rings. The van der Waals surface area contributed by atoms with Crippen molar-refractivity contribution in [1.82, 2.24) is 24.7 Å². The second-order valence-electron chi connectivity index (χ2n) is 7.17. The molecule has 0 N–H and O–H groups in total. The molecule has 0 amide bonds. The predicted octanol–water partition coefficient (Wildman–Crippen LogP) is 3.35. The van der Waals surface area contributed by atoms with Crippen molar-refractivity contribution in [3.8, 4) is 5.69 Å². The highest BCUT2D eigenvalue weighted by Crippen LogP contribution is 2.26. The van der Waals surface area contributed by atoms with Gasteiger partial charge in [0.25, 0.3) is 0 Å². The van der Waals surface area contributed by atoms with Gasteiger partial charge in [-0.15, -0.1) is 0 Å². The van der Waals surface area contributed by atoms with Gasteiger partial charge in [0, 0.05) is 44.1 Å². The van der Waals surface area contributed by atoms with Gasteiger partial charge in [-0.05, 0) is 50.3 Å². The van der Waals surface area contributed by atoms with Gasteiger partial charge in [-0.25, -0.2) is 9.67 Å². The summed E-state index contributed by atoms with van der Waals surface area (Å²) in [5.41, 5.74) is 4.50. The largest absolute Gasteiger partial charge is 0.381 e. The fourth-order valence-electron chi connectivity index (χ4n) is 3.49. The lowest BCUT2D eigenvalue weighted by atomic mass is 10.00. The average Bonchev–Trinajstić information content (AvgIpc) is 3.14. The normalized spacial score (nSPS) is 15.2. The standard InChI is InChI=1S/C21H25N5O/c1-15-3-4-16(2)19(13-15)26-20(6-5-18-14-22-9-10-23-18)24-21(25-26)17-7-11-27-12-8-17/h3-4,9-10,13-14,17H,5-8,11-12H2,1-2H3. The maximum atomic E-state index is 5.51. The van der Waals surface area contributed by atoms with Crippen LogP contribution in [0.15, 0.2) is 36.8 Å². The van der Waals surface area contributed by atoms with E-state index in [1.165, 1.54) is 11.1 Å². The maximum Gasteiger partial charge on any atom is 0.154 e. The van der Waals surface area contributed by atoms with E-state index >= 15 is 0 Å². The van der Waals surface area contributed by atoms with Crippen molar-refractivity contribution in [2.45, 2.75) is 45.4 Å². The quantitative estimate of drug-likeness (QED) is 0.695. The summed E-state index contributed by atoms with van der Waals surface area (Å²) in [5.74, 6) is 2.30. The van der Waals surface area contributed by atoms with Crippen molar-refractivity contribution >= 4 is 0 Å². The Morgan fingerprint density at radius 3 is 2.74 bits per heavy atom. The molecule has 0 radical (unpaired) electrons. The molecule has 3 heterocycles. The van der Waals surface area contributed by atoms with E-state index in [0.717, 1.165) is 61.9 Å². The summed E-state index contributed by atoms with van der Waals surface area (Å²) in [7, 11) is 0. The highest BCUT2D eigenvalue weighted by atomic mass is 16.5. The molecule has 4 rings (SSSR count). The van der Waals surface area contributed by atoms with Crippen molar-refractivity contribution in [2.24, 2.45) is 0 Å². The molecule has 0 spiro atoms. The van der Waals surface area contributed by atoms with Gasteiger partial charge in [-0.2, -0.15) is 5.10 Å². The molecule has 2 aromatic heterocycles. The summed E-state index contributed by atoms with van der Waals surface area (Å²) < 4.78 is 7.54. The van der Waals surface area contributed by atoms with Gasteiger partial charge in [-0.1, -0.05) is 12.1 Å². The van der Waals surface area contributed by atoms with E-state index in [9.17, 15) is 0 Å². The first-order chi connectivity index (χ1) is 13.2. The SMILES string of the molecule is Cc1ccc(C)c(-n2nc(C3CCOCC3)nc2CCc2cnccn2)c1. The fraction of sp³-hybridized carbons (Fsp3) is 0.429. The first-order valence-electron chi connectivity index (χ1n) is 9.57. The molecule has 1 aromatic carbocycles. The lowest BCUT2D eigenvalue weighted by molar-refractivity contribution is 0.0836. The predicted molar refractivity (Wildman–Crippen MR) is 103 cm³/mol. The van der Waals surface area contributed by atoms with Gasteiger partial charge in [0.05, 0.1) is 11.4 Å². The summed E-state index contributed by atoms with van der Waals surface area (Å²) in [4.78, 5) is 13.5. The maximum absolute atomic E-state index is 5.51. The van der Waals surface area contributed by atoms with Gasteiger partial charge < -0.3 is 4.74 Å². The van der Waals surface area contributed by atoms with Crippen LogP contribution in [0.1, 0.15) is 47.2 Å². The summed E-state index contributed by atoms with van der Waals surface area (Å²) >= 11 is 0. The lowest BCUT2D eigenvalue weighted by Gasteiger charge is -2.18. The number of hydrogen-bond donors (Lipinski definition) is 0. The molecule has 0 unspecified atom stereocenters. The molecule has 140 valence electrons. The highest BCUT2D eigenvalue weighted by Gasteiger charge is 2.23. The van der Waals surface area contributed by atoms with Crippen LogP contribution in [0.3, 0.4) is 0 Å². The Bertz CT molecular complexity index is 900. The van der Waals surface area contributed by atoms with E-state index in [4.69, 9.17) is 14.8 Å². The number of hydrogen-bond acceptors (Lipinski definition) is 5. The Kier molecular flexibility index (Phi) is 5.25.